The molecule has 0 aliphatic rings. The predicted octanol–water partition coefficient (Wildman–Crippen LogP) is 16.2. The molecule has 6 nitrogen and oxygen atoms in total. The third kappa shape index (κ3) is 45.1. The Balaban J connectivity index is 4.14. The highest BCUT2D eigenvalue weighted by Gasteiger charge is 2.19. The van der Waals surface area contributed by atoms with Crippen LogP contribution in [-0.4, -0.2) is 37.2 Å². The van der Waals surface area contributed by atoms with Gasteiger partial charge in [-0.1, -0.05) is 226 Å². The maximum Gasteiger partial charge on any atom is 0.306 e. The minimum atomic E-state index is -0.762. The molecular weight excluding hydrogens is 709 g/mol. The summed E-state index contributed by atoms with van der Waals surface area (Å²) in [6.07, 6.45) is 50.9. The lowest BCUT2D eigenvalue weighted by molar-refractivity contribution is -0.167. The lowest BCUT2D eigenvalue weighted by atomic mass is 10.0. The zero-order valence-corrected chi connectivity index (χ0v) is 38.4. The van der Waals surface area contributed by atoms with Gasteiger partial charge in [0, 0.05) is 19.3 Å². The van der Waals surface area contributed by atoms with E-state index in [0.717, 1.165) is 64.2 Å². The van der Waals surface area contributed by atoms with Gasteiger partial charge in [-0.15, -0.1) is 0 Å². The smallest absolute Gasteiger partial charge is 0.306 e. The first-order chi connectivity index (χ1) is 28.0. The molecule has 57 heavy (non-hydrogen) atoms. The molecule has 1 atom stereocenters. The Kier molecular flexibility index (Phi) is 45.3. The number of hydrogen-bond donors (Lipinski definition) is 0. The maximum absolute atomic E-state index is 12.7. The van der Waals surface area contributed by atoms with Crippen LogP contribution < -0.4 is 0 Å². The van der Waals surface area contributed by atoms with Gasteiger partial charge in [-0.25, -0.2) is 0 Å². The molecule has 0 aromatic heterocycles. The van der Waals surface area contributed by atoms with E-state index in [0.29, 0.717) is 19.3 Å². The largest absolute Gasteiger partial charge is 0.462 e. The van der Waals surface area contributed by atoms with Gasteiger partial charge in [0.25, 0.3) is 0 Å². The fraction of sp³-hybridized carbons (Fsp3) is 0.902. The van der Waals surface area contributed by atoms with E-state index >= 15 is 0 Å². The zero-order valence-electron chi connectivity index (χ0n) is 38.4. The standard InChI is InChI=1S/C51H96O6/c1-4-7-10-13-15-17-19-21-23-25-27-29-31-33-35-38-41-44-50(53)56-47-48(46-55-49(52)43-40-37-12-9-6-3)57-51(54)45-42-39-36-34-32-30-28-26-24-22-20-18-16-14-11-8-5-2/h21,23,48H,4-20,22,24-47H2,1-3H3/b23-21-. The fourth-order valence-electron chi connectivity index (χ4n) is 7.44. The summed E-state index contributed by atoms with van der Waals surface area (Å²) in [4.78, 5) is 37.6. The summed E-state index contributed by atoms with van der Waals surface area (Å²) in [5.41, 5.74) is 0. The van der Waals surface area contributed by atoms with Gasteiger partial charge < -0.3 is 14.2 Å². The second-order valence-electron chi connectivity index (χ2n) is 17.1. The average Bonchev–Trinajstić information content (AvgIpc) is 3.21. The Morgan fingerprint density at radius 3 is 0.877 bits per heavy atom. The lowest BCUT2D eigenvalue weighted by Crippen LogP contribution is -2.30. The van der Waals surface area contributed by atoms with Crippen molar-refractivity contribution in [2.45, 2.75) is 284 Å². The molecule has 0 aromatic rings. The number of unbranched alkanes of at least 4 members (excludes halogenated alkanes) is 33. The van der Waals surface area contributed by atoms with Crippen LogP contribution in [0.25, 0.3) is 0 Å². The minimum Gasteiger partial charge on any atom is -0.462 e. The van der Waals surface area contributed by atoms with Crippen molar-refractivity contribution in [3.63, 3.8) is 0 Å². The highest BCUT2D eigenvalue weighted by molar-refractivity contribution is 5.71. The van der Waals surface area contributed by atoms with E-state index in [1.807, 2.05) is 0 Å². The van der Waals surface area contributed by atoms with Gasteiger partial charge in [-0.3, -0.25) is 14.4 Å². The molecule has 0 N–H and O–H groups in total. The topological polar surface area (TPSA) is 78.9 Å². The summed E-state index contributed by atoms with van der Waals surface area (Å²) in [5, 5.41) is 0. The molecule has 0 fully saturated rings. The van der Waals surface area contributed by atoms with E-state index in [-0.39, 0.29) is 31.1 Å². The number of esters is 3. The summed E-state index contributed by atoms with van der Waals surface area (Å²) >= 11 is 0. The number of carbonyl (C=O) groups is 3. The Morgan fingerprint density at radius 2 is 0.579 bits per heavy atom. The van der Waals surface area contributed by atoms with Gasteiger partial charge in [0.15, 0.2) is 6.10 Å². The maximum atomic E-state index is 12.7. The number of ether oxygens (including phenoxy) is 3. The zero-order chi connectivity index (χ0) is 41.5. The van der Waals surface area contributed by atoms with Crippen LogP contribution in [0, 0.1) is 0 Å². The first-order valence-corrected chi connectivity index (χ1v) is 25.2. The van der Waals surface area contributed by atoms with Crippen molar-refractivity contribution in [2.24, 2.45) is 0 Å². The van der Waals surface area contributed by atoms with E-state index in [9.17, 15) is 14.4 Å². The second kappa shape index (κ2) is 46.8. The molecular formula is C51H96O6. The summed E-state index contributed by atoms with van der Waals surface area (Å²) in [6, 6.07) is 0. The van der Waals surface area contributed by atoms with E-state index in [1.165, 1.54) is 173 Å². The van der Waals surface area contributed by atoms with Crippen LogP contribution in [0.1, 0.15) is 278 Å². The Bertz CT molecular complexity index is 885. The number of carbonyl (C=O) groups excluding carboxylic acids is 3. The second-order valence-corrected chi connectivity index (χ2v) is 17.1. The molecule has 0 spiro atoms. The Labute approximate surface area is 354 Å². The van der Waals surface area contributed by atoms with E-state index in [4.69, 9.17) is 14.2 Å². The first-order valence-electron chi connectivity index (χ1n) is 25.2. The van der Waals surface area contributed by atoms with Crippen molar-refractivity contribution in [3.8, 4) is 0 Å². The monoisotopic (exact) mass is 805 g/mol. The summed E-state index contributed by atoms with van der Waals surface area (Å²) in [5.74, 6) is -0.872. The average molecular weight is 805 g/mol. The van der Waals surface area contributed by atoms with Gasteiger partial charge in [-0.2, -0.15) is 0 Å². The van der Waals surface area contributed by atoms with E-state index < -0.39 is 6.10 Å². The number of hydrogen-bond acceptors (Lipinski definition) is 6. The molecule has 0 radical (unpaired) electrons. The lowest BCUT2D eigenvalue weighted by Gasteiger charge is -2.18. The molecule has 336 valence electrons. The summed E-state index contributed by atoms with van der Waals surface area (Å²) in [7, 11) is 0. The van der Waals surface area contributed by atoms with Crippen LogP contribution in [0.5, 0.6) is 0 Å². The Morgan fingerprint density at radius 1 is 0.333 bits per heavy atom. The number of rotatable bonds is 46. The van der Waals surface area contributed by atoms with E-state index in [1.54, 1.807) is 0 Å². The van der Waals surface area contributed by atoms with Crippen LogP contribution in [0.3, 0.4) is 0 Å². The van der Waals surface area contributed by atoms with Crippen molar-refractivity contribution in [2.75, 3.05) is 13.2 Å². The normalized spacial score (nSPS) is 12.0. The highest BCUT2D eigenvalue weighted by atomic mass is 16.6. The summed E-state index contributed by atoms with van der Waals surface area (Å²) < 4.78 is 16.7. The van der Waals surface area contributed by atoms with Gasteiger partial charge in [-0.05, 0) is 44.9 Å². The van der Waals surface area contributed by atoms with Crippen LogP contribution in [0.15, 0.2) is 12.2 Å². The van der Waals surface area contributed by atoms with E-state index in [2.05, 4.69) is 32.9 Å². The third-order valence-corrected chi connectivity index (χ3v) is 11.3. The SMILES string of the molecule is CCCCCCCC/C=C\CCCCCCCCCC(=O)OCC(COC(=O)CCCCCCC)OC(=O)CCCCCCCCCCCCCCCCCCC. The highest BCUT2D eigenvalue weighted by Crippen LogP contribution is 2.16. The molecule has 0 saturated carbocycles. The summed E-state index contributed by atoms with van der Waals surface area (Å²) in [6.45, 7) is 6.58. The molecule has 0 saturated heterocycles. The minimum absolute atomic E-state index is 0.0686. The number of allylic oxidation sites excluding steroid dienone is 2. The molecule has 0 rings (SSSR count). The fourth-order valence-corrected chi connectivity index (χ4v) is 7.44. The van der Waals surface area contributed by atoms with Crippen LogP contribution in [-0.2, 0) is 28.6 Å². The molecule has 0 heterocycles. The first kappa shape index (κ1) is 55.2. The van der Waals surface area contributed by atoms with Crippen molar-refractivity contribution >= 4 is 17.9 Å². The quantitative estimate of drug-likeness (QED) is 0.0264. The molecule has 0 aliphatic carbocycles. The molecule has 1 unspecified atom stereocenters. The van der Waals surface area contributed by atoms with Crippen molar-refractivity contribution < 1.29 is 28.6 Å². The van der Waals surface area contributed by atoms with Crippen LogP contribution >= 0.6 is 0 Å². The van der Waals surface area contributed by atoms with Crippen molar-refractivity contribution in [1.82, 2.24) is 0 Å². The predicted molar refractivity (Wildman–Crippen MR) is 243 cm³/mol. The Hall–Kier alpha value is -1.85. The third-order valence-electron chi connectivity index (χ3n) is 11.3. The molecule has 0 amide bonds. The molecule has 0 bridgehead atoms. The van der Waals surface area contributed by atoms with Crippen molar-refractivity contribution in [1.29, 1.82) is 0 Å². The molecule has 0 aromatic carbocycles. The van der Waals surface area contributed by atoms with Gasteiger partial charge >= 0.3 is 17.9 Å². The van der Waals surface area contributed by atoms with Crippen molar-refractivity contribution in [3.05, 3.63) is 12.2 Å². The molecule has 6 heteroatoms. The van der Waals surface area contributed by atoms with Gasteiger partial charge in [0.05, 0.1) is 0 Å². The van der Waals surface area contributed by atoms with Crippen LogP contribution in [0.4, 0.5) is 0 Å². The van der Waals surface area contributed by atoms with Crippen LogP contribution in [0.2, 0.25) is 0 Å². The molecule has 0 aliphatic heterocycles. The van der Waals surface area contributed by atoms with Gasteiger partial charge in [0.2, 0.25) is 0 Å². The van der Waals surface area contributed by atoms with Gasteiger partial charge in [0.1, 0.15) is 13.2 Å².